The van der Waals surface area contributed by atoms with E-state index in [1.54, 1.807) is 16.4 Å². The Balaban J connectivity index is 2.17. The van der Waals surface area contributed by atoms with Gasteiger partial charge in [-0.25, -0.2) is 0 Å². The Morgan fingerprint density at radius 2 is 1.91 bits per heavy atom. The van der Waals surface area contributed by atoms with Gasteiger partial charge in [0.05, 0.1) is 10.4 Å². The topological polar surface area (TPSA) is 46.9 Å². The molecule has 5 heteroatoms. The minimum absolute atomic E-state index is 0.00573. The third-order valence-electron chi connectivity index (χ3n) is 3.27. The van der Waals surface area contributed by atoms with E-state index < -0.39 is 4.75 Å². The van der Waals surface area contributed by atoms with Gasteiger partial charge < -0.3 is 5.32 Å². The first-order chi connectivity index (χ1) is 10.3. The summed E-state index contributed by atoms with van der Waals surface area (Å²) in [5.74, 6) is 0.704. The van der Waals surface area contributed by atoms with Crippen LogP contribution in [0.4, 0.5) is 5.82 Å². The van der Waals surface area contributed by atoms with Crippen LogP contribution in [-0.2, 0) is 11.8 Å². The fourth-order valence-electron chi connectivity index (χ4n) is 2.24. The smallest absolute Gasteiger partial charge is 0.241 e. The summed E-state index contributed by atoms with van der Waals surface area (Å²) in [5.41, 5.74) is 1.89. The van der Waals surface area contributed by atoms with E-state index in [0.717, 1.165) is 11.3 Å². The molecule has 0 saturated carbocycles. The van der Waals surface area contributed by atoms with Crippen LogP contribution in [-0.4, -0.2) is 25.7 Å². The van der Waals surface area contributed by atoms with Crippen molar-refractivity contribution in [3.63, 3.8) is 0 Å². The summed E-state index contributed by atoms with van der Waals surface area (Å²) in [5, 5.41) is 7.85. The Morgan fingerprint density at radius 1 is 1.27 bits per heavy atom. The average molecular weight is 317 g/mol. The Morgan fingerprint density at radius 3 is 2.50 bits per heavy atom. The van der Waals surface area contributed by atoms with Crippen molar-refractivity contribution in [3.05, 3.63) is 36.4 Å². The normalized spacial score (nSPS) is 11.7. The van der Waals surface area contributed by atoms with Gasteiger partial charge in [-0.15, -0.1) is 11.8 Å². The van der Waals surface area contributed by atoms with Gasteiger partial charge in [0.15, 0.2) is 0 Å². The second-order valence-corrected chi connectivity index (χ2v) is 8.23. The first-order valence-corrected chi connectivity index (χ1v) is 8.26. The molecule has 1 N–H and O–H groups in total. The van der Waals surface area contributed by atoms with Gasteiger partial charge in [0.25, 0.3) is 0 Å². The number of hydrogen-bond acceptors (Lipinski definition) is 3. The highest BCUT2D eigenvalue weighted by Gasteiger charge is 2.30. The molecule has 0 spiro atoms. The van der Waals surface area contributed by atoms with Crippen LogP contribution in [0.15, 0.2) is 36.4 Å². The monoisotopic (exact) mass is 317 g/mol. The Bertz CT molecular complexity index is 647. The number of hydrogen-bond donors (Lipinski definition) is 1. The third kappa shape index (κ3) is 3.91. The number of aryl methyl sites for hydroxylation is 1. The molecule has 0 aliphatic rings. The molecule has 1 aromatic carbocycles. The zero-order chi connectivity index (χ0) is 16.3. The SMILES string of the molecule is CC(C)SC(C)(C)C(=O)Nc1cc(-c2ccccc2)nn1C. The summed E-state index contributed by atoms with van der Waals surface area (Å²) in [6, 6.07) is 11.8. The molecule has 1 heterocycles. The van der Waals surface area contributed by atoms with Crippen molar-refractivity contribution in [1.82, 2.24) is 9.78 Å². The highest BCUT2D eigenvalue weighted by molar-refractivity contribution is 8.01. The predicted molar refractivity (Wildman–Crippen MR) is 94.1 cm³/mol. The molecule has 0 saturated heterocycles. The summed E-state index contributed by atoms with van der Waals surface area (Å²) in [6.07, 6.45) is 0. The summed E-state index contributed by atoms with van der Waals surface area (Å²) in [6.45, 7) is 8.08. The maximum atomic E-state index is 12.5. The van der Waals surface area contributed by atoms with E-state index in [0.29, 0.717) is 11.1 Å². The van der Waals surface area contributed by atoms with E-state index in [1.807, 2.05) is 57.3 Å². The second kappa shape index (κ2) is 6.57. The van der Waals surface area contributed by atoms with E-state index in [-0.39, 0.29) is 5.91 Å². The second-order valence-electron chi connectivity index (χ2n) is 6.04. The minimum atomic E-state index is -0.481. The van der Waals surface area contributed by atoms with Crippen molar-refractivity contribution in [1.29, 1.82) is 0 Å². The van der Waals surface area contributed by atoms with Crippen molar-refractivity contribution in [3.8, 4) is 11.3 Å². The summed E-state index contributed by atoms with van der Waals surface area (Å²) in [4.78, 5) is 12.5. The van der Waals surface area contributed by atoms with Gasteiger partial charge >= 0.3 is 0 Å². The molecule has 2 rings (SSSR count). The molecule has 1 aromatic heterocycles. The van der Waals surface area contributed by atoms with Crippen molar-refractivity contribution in [2.45, 2.75) is 37.7 Å². The number of amides is 1. The van der Waals surface area contributed by atoms with E-state index in [4.69, 9.17) is 0 Å². The third-order valence-corrected chi connectivity index (χ3v) is 4.51. The zero-order valence-corrected chi connectivity index (χ0v) is 14.6. The standard InChI is InChI=1S/C17H23N3OS/c1-12(2)22-17(3,4)16(21)18-15-11-14(19-20(15)5)13-9-7-6-8-10-13/h6-12H,1-5H3,(H,18,21). The number of rotatable bonds is 5. The summed E-state index contributed by atoms with van der Waals surface area (Å²) >= 11 is 1.65. The van der Waals surface area contributed by atoms with Gasteiger partial charge in [0, 0.05) is 23.9 Å². The number of aromatic nitrogens is 2. The lowest BCUT2D eigenvalue weighted by atomic mass is 10.1. The molecule has 2 aromatic rings. The van der Waals surface area contributed by atoms with E-state index in [2.05, 4.69) is 24.3 Å². The van der Waals surface area contributed by atoms with Gasteiger partial charge in [-0.1, -0.05) is 44.2 Å². The molecule has 4 nitrogen and oxygen atoms in total. The first-order valence-electron chi connectivity index (χ1n) is 7.38. The van der Waals surface area contributed by atoms with Crippen molar-refractivity contribution in [2.75, 3.05) is 5.32 Å². The average Bonchev–Trinajstić information content (AvgIpc) is 2.80. The van der Waals surface area contributed by atoms with Gasteiger partial charge in [-0.2, -0.15) is 5.10 Å². The van der Waals surface area contributed by atoms with Crippen molar-refractivity contribution >= 4 is 23.5 Å². The summed E-state index contributed by atoms with van der Waals surface area (Å²) < 4.78 is 1.22. The Labute approximate surface area is 136 Å². The molecule has 0 unspecified atom stereocenters. The molecule has 0 fully saturated rings. The van der Waals surface area contributed by atoms with Crippen molar-refractivity contribution in [2.24, 2.45) is 7.05 Å². The minimum Gasteiger partial charge on any atom is -0.310 e. The van der Waals surface area contributed by atoms with E-state index >= 15 is 0 Å². The van der Waals surface area contributed by atoms with Crippen LogP contribution < -0.4 is 5.32 Å². The molecular weight excluding hydrogens is 294 g/mol. The molecule has 22 heavy (non-hydrogen) atoms. The lowest BCUT2D eigenvalue weighted by Crippen LogP contribution is -2.35. The maximum absolute atomic E-state index is 12.5. The van der Waals surface area contributed by atoms with Crippen LogP contribution >= 0.6 is 11.8 Å². The lowest BCUT2D eigenvalue weighted by Gasteiger charge is -2.24. The molecule has 118 valence electrons. The molecular formula is C17H23N3OS. The predicted octanol–water partition coefficient (Wildman–Crippen LogP) is 3.95. The van der Waals surface area contributed by atoms with Crippen LogP contribution in [0.25, 0.3) is 11.3 Å². The maximum Gasteiger partial charge on any atom is 0.241 e. The zero-order valence-electron chi connectivity index (χ0n) is 13.8. The van der Waals surface area contributed by atoms with Crippen LogP contribution in [0, 0.1) is 0 Å². The molecule has 0 aliphatic heterocycles. The Hall–Kier alpha value is -1.75. The molecule has 0 bridgehead atoms. The van der Waals surface area contributed by atoms with E-state index in [1.165, 1.54) is 0 Å². The number of nitrogens with zero attached hydrogens (tertiary/aromatic N) is 2. The number of benzene rings is 1. The molecule has 1 amide bonds. The largest absolute Gasteiger partial charge is 0.310 e. The van der Waals surface area contributed by atoms with Crippen molar-refractivity contribution < 1.29 is 4.79 Å². The van der Waals surface area contributed by atoms with Crippen LogP contribution in [0.5, 0.6) is 0 Å². The van der Waals surface area contributed by atoms with Crippen LogP contribution in [0.1, 0.15) is 27.7 Å². The number of anilines is 1. The highest BCUT2D eigenvalue weighted by atomic mass is 32.2. The Kier molecular flexibility index (Phi) is 4.96. The van der Waals surface area contributed by atoms with E-state index in [9.17, 15) is 4.79 Å². The first kappa shape index (κ1) is 16.6. The number of nitrogens with one attached hydrogen (secondary N) is 1. The number of thioether (sulfide) groups is 1. The number of carbonyl (C=O) groups is 1. The van der Waals surface area contributed by atoms with Gasteiger partial charge in [-0.05, 0) is 13.8 Å². The van der Waals surface area contributed by atoms with Crippen LogP contribution in [0.3, 0.4) is 0 Å². The molecule has 0 aliphatic carbocycles. The highest BCUT2D eigenvalue weighted by Crippen LogP contribution is 2.30. The molecule has 0 atom stereocenters. The number of carbonyl (C=O) groups excluding carboxylic acids is 1. The summed E-state index contributed by atoms with van der Waals surface area (Å²) in [7, 11) is 1.84. The quantitative estimate of drug-likeness (QED) is 0.908. The fourth-order valence-corrected chi connectivity index (χ4v) is 3.58. The van der Waals surface area contributed by atoms with Crippen LogP contribution in [0.2, 0.25) is 0 Å². The van der Waals surface area contributed by atoms with Gasteiger partial charge in [0.2, 0.25) is 5.91 Å². The lowest BCUT2D eigenvalue weighted by molar-refractivity contribution is -0.117. The van der Waals surface area contributed by atoms with Gasteiger partial charge in [-0.3, -0.25) is 9.48 Å². The van der Waals surface area contributed by atoms with Gasteiger partial charge in [0.1, 0.15) is 5.82 Å². The molecule has 0 radical (unpaired) electrons. The fraction of sp³-hybridized carbons (Fsp3) is 0.412.